The molecule has 0 aromatic heterocycles. The quantitative estimate of drug-likeness (QED) is 0.476. The fourth-order valence-electron chi connectivity index (χ4n) is 2.26. The summed E-state index contributed by atoms with van der Waals surface area (Å²) in [4.78, 5) is 23.5. The molecule has 0 unspecified atom stereocenters. The number of nitrogens with one attached hydrogen (secondary N) is 2. The maximum absolute atomic E-state index is 11.8. The minimum atomic E-state index is -0.260. The van der Waals surface area contributed by atoms with Crippen molar-refractivity contribution in [3.63, 3.8) is 0 Å². The molecule has 0 spiro atoms. The van der Waals surface area contributed by atoms with Crippen LogP contribution in [0.15, 0.2) is 58.7 Å². The molecule has 0 aliphatic heterocycles. The fraction of sp³-hybridized carbons (Fsp3) is 0.238. The molecule has 0 radical (unpaired) electrons. The maximum atomic E-state index is 11.8. The predicted molar refractivity (Wildman–Crippen MR) is 111 cm³/mol. The van der Waals surface area contributed by atoms with E-state index in [-0.39, 0.29) is 24.7 Å². The Labute approximate surface area is 169 Å². The summed E-state index contributed by atoms with van der Waals surface area (Å²) >= 11 is 0. The van der Waals surface area contributed by atoms with Crippen LogP contribution < -0.4 is 20.3 Å². The van der Waals surface area contributed by atoms with Crippen molar-refractivity contribution in [1.29, 1.82) is 0 Å². The van der Waals surface area contributed by atoms with Crippen molar-refractivity contribution in [1.82, 2.24) is 10.9 Å². The van der Waals surface area contributed by atoms with Crippen LogP contribution in [0.1, 0.15) is 30.4 Å². The number of hydrogen-bond donors (Lipinski definition) is 2. The molecule has 0 bridgehead atoms. The number of carbonyl (C=O) groups is 2. The number of amides is 2. The summed E-state index contributed by atoms with van der Waals surface area (Å²) in [5.41, 5.74) is 6.54. The van der Waals surface area contributed by atoms with Gasteiger partial charge in [0.05, 0.1) is 26.6 Å². The number of hydrazone groups is 2. The van der Waals surface area contributed by atoms with Crippen molar-refractivity contribution >= 4 is 24.2 Å². The highest BCUT2D eigenvalue weighted by Crippen LogP contribution is 2.10. The lowest BCUT2D eigenvalue weighted by Gasteiger charge is -2.01. The van der Waals surface area contributed by atoms with E-state index in [1.165, 1.54) is 12.4 Å². The van der Waals surface area contributed by atoms with Gasteiger partial charge in [0.1, 0.15) is 11.5 Å². The van der Waals surface area contributed by atoms with Crippen molar-refractivity contribution in [3.05, 3.63) is 59.7 Å². The van der Waals surface area contributed by atoms with Gasteiger partial charge in [-0.3, -0.25) is 9.59 Å². The minimum Gasteiger partial charge on any atom is -0.497 e. The zero-order valence-corrected chi connectivity index (χ0v) is 16.4. The highest BCUT2D eigenvalue weighted by Gasteiger charge is 2.04. The Morgan fingerprint density at radius 1 is 0.759 bits per heavy atom. The third kappa shape index (κ3) is 8.25. The first-order valence-corrected chi connectivity index (χ1v) is 9.02. The molecule has 29 heavy (non-hydrogen) atoms. The molecule has 8 heteroatoms. The summed E-state index contributed by atoms with van der Waals surface area (Å²) in [6.45, 7) is 0. The summed E-state index contributed by atoms with van der Waals surface area (Å²) in [5, 5.41) is 7.78. The van der Waals surface area contributed by atoms with E-state index in [0.717, 1.165) is 22.6 Å². The van der Waals surface area contributed by atoms with Gasteiger partial charge in [-0.1, -0.05) is 0 Å². The summed E-state index contributed by atoms with van der Waals surface area (Å²) < 4.78 is 10.1. The van der Waals surface area contributed by atoms with E-state index in [2.05, 4.69) is 21.1 Å². The average molecular weight is 396 g/mol. The number of nitrogens with zero attached hydrogens (tertiary/aromatic N) is 2. The molecule has 0 atom stereocenters. The lowest BCUT2D eigenvalue weighted by molar-refractivity contribution is -0.122. The zero-order valence-electron chi connectivity index (χ0n) is 16.4. The average Bonchev–Trinajstić information content (AvgIpc) is 2.75. The van der Waals surface area contributed by atoms with E-state index in [1.54, 1.807) is 38.5 Å². The maximum Gasteiger partial charge on any atom is 0.240 e. The second kappa shape index (κ2) is 11.9. The summed E-state index contributed by atoms with van der Waals surface area (Å²) in [7, 11) is 3.19. The molecule has 152 valence electrons. The van der Waals surface area contributed by atoms with Gasteiger partial charge in [-0.05, 0) is 66.1 Å². The van der Waals surface area contributed by atoms with Gasteiger partial charge in [0.2, 0.25) is 11.8 Å². The van der Waals surface area contributed by atoms with Crippen LogP contribution in [-0.2, 0) is 9.59 Å². The number of hydrogen-bond acceptors (Lipinski definition) is 6. The van der Waals surface area contributed by atoms with E-state index in [4.69, 9.17) is 9.47 Å². The normalized spacial score (nSPS) is 10.8. The van der Waals surface area contributed by atoms with Gasteiger partial charge in [0.25, 0.3) is 0 Å². The van der Waals surface area contributed by atoms with Crippen LogP contribution in [0.25, 0.3) is 0 Å². The van der Waals surface area contributed by atoms with Gasteiger partial charge in [-0.2, -0.15) is 10.2 Å². The zero-order chi connectivity index (χ0) is 20.9. The van der Waals surface area contributed by atoms with Gasteiger partial charge in [-0.15, -0.1) is 0 Å². The molecule has 2 aromatic carbocycles. The molecule has 0 saturated carbocycles. The summed E-state index contributed by atoms with van der Waals surface area (Å²) in [6.07, 6.45) is 3.86. The molecule has 0 aliphatic rings. The Balaban J connectivity index is 1.62. The highest BCUT2D eigenvalue weighted by molar-refractivity contribution is 5.84. The van der Waals surface area contributed by atoms with Gasteiger partial charge < -0.3 is 9.47 Å². The van der Waals surface area contributed by atoms with E-state index >= 15 is 0 Å². The number of methoxy groups -OCH3 is 2. The van der Waals surface area contributed by atoms with E-state index in [9.17, 15) is 9.59 Å². The van der Waals surface area contributed by atoms with E-state index in [0.29, 0.717) is 6.42 Å². The van der Waals surface area contributed by atoms with Gasteiger partial charge in [0, 0.05) is 12.8 Å². The number of rotatable bonds is 10. The van der Waals surface area contributed by atoms with E-state index in [1.807, 2.05) is 24.3 Å². The van der Waals surface area contributed by atoms with Crippen molar-refractivity contribution in [2.24, 2.45) is 10.2 Å². The molecular formula is C21H24N4O4. The Hall–Kier alpha value is -3.68. The molecule has 0 fully saturated rings. The number of ether oxygens (including phenoxy) is 2. The molecule has 2 rings (SSSR count). The summed E-state index contributed by atoms with van der Waals surface area (Å²) in [6, 6.07) is 14.5. The molecule has 0 saturated heterocycles. The lowest BCUT2D eigenvalue weighted by Crippen LogP contribution is -2.20. The van der Waals surface area contributed by atoms with Crippen LogP contribution in [0.5, 0.6) is 11.5 Å². The van der Waals surface area contributed by atoms with Gasteiger partial charge >= 0.3 is 0 Å². The molecule has 2 amide bonds. The van der Waals surface area contributed by atoms with Gasteiger partial charge in [-0.25, -0.2) is 10.9 Å². The Bertz CT molecular complexity index is 774. The monoisotopic (exact) mass is 396 g/mol. The van der Waals surface area contributed by atoms with Crippen LogP contribution >= 0.6 is 0 Å². The number of carbonyl (C=O) groups excluding carboxylic acids is 2. The van der Waals surface area contributed by atoms with Crippen LogP contribution in [0.4, 0.5) is 0 Å². The minimum absolute atomic E-state index is 0.190. The summed E-state index contributed by atoms with van der Waals surface area (Å²) in [5.74, 6) is 0.976. The second-order valence-electron chi connectivity index (χ2n) is 5.99. The predicted octanol–water partition coefficient (Wildman–Crippen LogP) is 2.47. The third-order valence-corrected chi connectivity index (χ3v) is 3.85. The van der Waals surface area contributed by atoms with Crippen molar-refractivity contribution in [3.8, 4) is 11.5 Å². The smallest absolute Gasteiger partial charge is 0.240 e. The Morgan fingerprint density at radius 2 is 1.14 bits per heavy atom. The SMILES string of the molecule is COc1ccc(/C=N\NC(=O)CCCC(=O)N/N=C/c2ccc(OC)cc2)cc1. The third-order valence-electron chi connectivity index (χ3n) is 3.85. The molecular weight excluding hydrogens is 372 g/mol. The van der Waals surface area contributed by atoms with Crippen molar-refractivity contribution in [2.75, 3.05) is 14.2 Å². The van der Waals surface area contributed by atoms with Crippen LogP contribution in [0.3, 0.4) is 0 Å². The molecule has 0 aliphatic carbocycles. The van der Waals surface area contributed by atoms with Crippen LogP contribution in [-0.4, -0.2) is 38.5 Å². The second-order valence-corrected chi connectivity index (χ2v) is 5.99. The van der Waals surface area contributed by atoms with Crippen LogP contribution in [0.2, 0.25) is 0 Å². The molecule has 2 N–H and O–H groups in total. The first-order chi connectivity index (χ1) is 14.1. The number of benzene rings is 2. The van der Waals surface area contributed by atoms with Gasteiger partial charge in [0.15, 0.2) is 0 Å². The standard InChI is InChI=1S/C21H24N4O4/c1-28-18-10-6-16(7-11-18)14-22-24-20(26)4-3-5-21(27)25-23-15-17-8-12-19(29-2)13-9-17/h6-15H,3-5H2,1-2H3,(H,24,26)(H,25,27)/b22-14-,23-15+. The van der Waals surface area contributed by atoms with Crippen LogP contribution in [0, 0.1) is 0 Å². The Kier molecular flexibility index (Phi) is 8.88. The molecule has 2 aromatic rings. The van der Waals surface area contributed by atoms with Crippen molar-refractivity contribution in [2.45, 2.75) is 19.3 Å². The van der Waals surface area contributed by atoms with E-state index < -0.39 is 0 Å². The molecule has 8 nitrogen and oxygen atoms in total. The first kappa shape index (κ1) is 21.6. The van der Waals surface area contributed by atoms with Crippen molar-refractivity contribution < 1.29 is 19.1 Å². The highest BCUT2D eigenvalue weighted by atomic mass is 16.5. The first-order valence-electron chi connectivity index (χ1n) is 9.02. The topological polar surface area (TPSA) is 101 Å². The lowest BCUT2D eigenvalue weighted by atomic mass is 10.2. The molecule has 0 heterocycles. The largest absolute Gasteiger partial charge is 0.497 e. The Morgan fingerprint density at radius 3 is 1.48 bits per heavy atom. The fourth-order valence-corrected chi connectivity index (χ4v) is 2.26.